The lowest BCUT2D eigenvalue weighted by molar-refractivity contribution is -0.0130. The van der Waals surface area contributed by atoms with Gasteiger partial charge in [-0.1, -0.05) is 32.1 Å². The Kier molecular flexibility index (Phi) is 3.78. The quantitative estimate of drug-likeness (QED) is 0.710. The van der Waals surface area contributed by atoms with Gasteiger partial charge in [0.05, 0.1) is 0 Å². The molecular formula is C11H20O3. The Hall–Kier alpha value is -0.730. The van der Waals surface area contributed by atoms with Crippen molar-refractivity contribution >= 4 is 6.16 Å². The molecule has 0 aromatic heterocycles. The van der Waals surface area contributed by atoms with E-state index in [9.17, 15) is 4.79 Å². The van der Waals surface area contributed by atoms with Crippen molar-refractivity contribution in [3.63, 3.8) is 0 Å². The lowest BCUT2D eigenvalue weighted by atomic mass is 9.82. The first kappa shape index (κ1) is 11.3. The van der Waals surface area contributed by atoms with Gasteiger partial charge in [-0.25, -0.2) is 4.79 Å². The predicted octanol–water partition coefficient (Wildman–Crippen LogP) is 3.43. The number of ether oxygens (including phenoxy) is 1. The van der Waals surface area contributed by atoms with Crippen molar-refractivity contribution in [3.8, 4) is 0 Å². The molecule has 0 unspecified atom stereocenters. The van der Waals surface area contributed by atoms with Crippen molar-refractivity contribution in [2.45, 2.75) is 58.0 Å². The first-order chi connectivity index (χ1) is 6.49. The summed E-state index contributed by atoms with van der Waals surface area (Å²) in [5.41, 5.74) is -0.520. The number of hydrogen-bond acceptors (Lipinski definition) is 2. The summed E-state index contributed by atoms with van der Waals surface area (Å²) in [6.07, 6.45) is 6.06. The fourth-order valence-electron chi connectivity index (χ4n) is 2.36. The van der Waals surface area contributed by atoms with Crippen molar-refractivity contribution < 1.29 is 14.6 Å². The molecule has 1 rings (SSSR count). The summed E-state index contributed by atoms with van der Waals surface area (Å²) in [5, 5.41) is 8.56. The second-order valence-corrected chi connectivity index (χ2v) is 4.84. The summed E-state index contributed by atoms with van der Waals surface area (Å²) in [5.74, 6) is 0.651. The van der Waals surface area contributed by atoms with Crippen LogP contribution in [0.1, 0.15) is 52.4 Å². The fourth-order valence-corrected chi connectivity index (χ4v) is 2.36. The smallest absolute Gasteiger partial charge is 0.450 e. The highest BCUT2D eigenvalue weighted by molar-refractivity contribution is 5.57. The molecule has 0 spiro atoms. The van der Waals surface area contributed by atoms with Crippen LogP contribution in [0.5, 0.6) is 0 Å². The van der Waals surface area contributed by atoms with Gasteiger partial charge in [0.2, 0.25) is 0 Å². The topological polar surface area (TPSA) is 46.5 Å². The maximum Gasteiger partial charge on any atom is 0.506 e. The number of carbonyl (C=O) groups is 1. The third-order valence-corrected chi connectivity index (χ3v) is 2.87. The molecule has 0 aromatic rings. The SMILES string of the molecule is CC(C)(CC1CCCCC1)OC(=O)O. The molecule has 1 saturated carbocycles. The van der Waals surface area contributed by atoms with Crippen LogP contribution in [-0.2, 0) is 4.74 Å². The number of hydrogen-bond donors (Lipinski definition) is 1. The fraction of sp³-hybridized carbons (Fsp3) is 0.909. The van der Waals surface area contributed by atoms with Crippen LogP contribution in [0.2, 0.25) is 0 Å². The van der Waals surface area contributed by atoms with E-state index in [0.717, 1.165) is 6.42 Å². The average Bonchev–Trinajstić information content (AvgIpc) is 2.02. The Balaban J connectivity index is 2.36. The third kappa shape index (κ3) is 3.99. The maximum absolute atomic E-state index is 10.4. The van der Waals surface area contributed by atoms with E-state index < -0.39 is 11.8 Å². The molecule has 0 bridgehead atoms. The Morgan fingerprint density at radius 2 is 1.93 bits per heavy atom. The molecule has 0 amide bonds. The first-order valence-electron chi connectivity index (χ1n) is 5.41. The van der Waals surface area contributed by atoms with Crippen LogP contribution in [0, 0.1) is 5.92 Å². The summed E-state index contributed by atoms with van der Waals surface area (Å²) >= 11 is 0. The van der Waals surface area contributed by atoms with E-state index in [2.05, 4.69) is 0 Å². The third-order valence-electron chi connectivity index (χ3n) is 2.87. The van der Waals surface area contributed by atoms with Crippen LogP contribution in [0.4, 0.5) is 4.79 Å². The van der Waals surface area contributed by atoms with Crippen molar-refractivity contribution in [2.24, 2.45) is 5.92 Å². The minimum Gasteiger partial charge on any atom is -0.450 e. The van der Waals surface area contributed by atoms with Gasteiger partial charge in [-0.2, -0.15) is 0 Å². The molecule has 1 aliphatic rings. The minimum atomic E-state index is -1.16. The first-order valence-corrected chi connectivity index (χ1v) is 5.41. The van der Waals surface area contributed by atoms with E-state index in [-0.39, 0.29) is 0 Å². The summed E-state index contributed by atoms with van der Waals surface area (Å²) in [6, 6.07) is 0. The molecule has 0 aromatic carbocycles. The van der Waals surface area contributed by atoms with Gasteiger partial charge in [0.25, 0.3) is 0 Å². The van der Waals surface area contributed by atoms with Gasteiger partial charge < -0.3 is 9.84 Å². The molecule has 0 saturated heterocycles. The maximum atomic E-state index is 10.4. The zero-order valence-corrected chi connectivity index (χ0v) is 9.08. The van der Waals surface area contributed by atoms with E-state index in [1.807, 2.05) is 13.8 Å². The molecule has 1 N–H and O–H groups in total. The zero-order valence-electron chi connectivity index (χ0n) is 9.08. The highest BCUT2D eigenvalue weighted by Crippen LogP contribution is 2.31. The van der Waals surface area contributed by atoms with Crippen molar-refractivity contribution in [1.82, 2.24) is 0 Å². The van der Waals surface area contributed by atoms with Crippen molar-refractivity contribution in [2.75, 3.05) is 0 Å². The second-order valence-electron chi connectivity index (χ2n) is 4.84. The van der Waals surface area contributed by atoms with Crippen LogP contribution in [0.3, 0.4) is 0 Å². The molecule has 82 valence electrons. The molecule has 0 atom stereocenters. The Morgan fingerprint density at radius 1 is 1.36 bits per heavy atom. The summed E-state index contributed by atoms with van der Waals surface area (Å²) in [7, 11) is 0. The van der Waals surface area contributed by atoms with Gasteiger partial charge in [0, 0.05) is 0 Å². The minimum absolute atomic E-state index is 0.520. The molecular weight excluding hydrogens is 180 g/mol. The second kappa shape index (κ2) is 4.67. The van der Waals surface area contributed by atoms with Crippen molar-refractivity contribution in [3.05, 3.63) is 0 Å². The van der Waals surface area contributed by atoms with Crippen LogP contribution in [0.25, 0.3) is 0 Å². The zero-order chi connectivity index (χ0) is 10.6. The number of carboxylic acid groups (broad SMARTS) is 1. The Bertz CT molecular complexity index is 193. The largest absolute Gasteiger partial charge is 0.506 e. The van der Waals surface area contributed by atoms with Crippen LogP contribution < -0.4 is 0 Å². The lowest BCUT2D eigenvalue weighted by Gasteiger charge is -2.30. The summed E-state index contributed by atoms with van der Waals surface area (Å²) < 4.78 is 4.86. The van der Waals surface area contributed by atoms with E-state index >= 15 is 0 Å². The molecule has 0 radical (unpaired) electrons. The van der Waals surface area contributed by atoms with E-state index in [1.54, 1.807) is 0 Å². The van der Waals surface area contributed by atoms with Gasteiger partial charge in [0.1, 0.15) is 5.60 Å². The van der Waals surface area contributed by atoms with Gasteiger partial charge in [-0.3, -0.25) is 0 Å². The molecule has 3 nitrogen and oxygen atoms in total. The van der Waals surface area contributed by atoms with Crippen LogP contribution in [-0.4, -0.2) is 16.9 Å². The Labute approximate surface area is 85.5 Å². The standard InChI is InChI=1S/C11H20O3/c1-11(2,14-10(12)13)8-9-6-4-3-5-7-9/h9H,3-8H2,1-2H3,(H,12,13). The molecule has 1 fully saturated rings. The molecule has 1 aliphatic carbocycles. The normalized spacial score (nSPS) is 19.3. The van der Waals surface area contributed by atoms with Crippen LogP contribution >= 0.6 is 0 Å². The van der Waals surface area contributed by atoms with Gasteiger partial charge >= 0.3 is 6.16 Å². The highest BCUT2D eigenvalue weighted by Gasteiger charge is 2.27. The van der Waals surface area contributed by atoms with E-state index in [0.29, 0.717) is 5.92 Å². The Morgan fingerprint density at radius 3 is 2.43 bits per heavy atom. The predicted molar refractivity (Wildman–Crippen MR) is 54.4 cm³/mol. The lowest BCUT2D eigenvalue weighted by Crippen LogP contribution is -2.30. The molecule has 0 aliphatic heterocycles. The molecule has 3 heteroatoms. The summed E-state index contributed by atoms with van der Waals surface area (Å²) in [6.45, 7) is 3.71. The van der Waals surface area contributed by atoms with Gasteiger partial charge in [-0.05, 0) is 26.2 Å². The van der Waals surface area contributed by atoms with E-state index in [1.165, 1.54) is 32.1 Å². The van der Waals surface area contributed by atoms with Crippen LogP contribution in [0.15, 0.2) is 0 Å². The monoisotopic (exact) mass is 200 g/mol. The summed E-state index contributed by atoms with van der Waals surface area (Å²) in [4.78, 5) is 10.4. The highest BCUT2D eigenvalue weighted by atomic mass is 16.7. The van der Waals surface area contributed by atoms with Gasteiger partial charge in [-0.15, -0.1) is 0 Å². The average molecular weight is 200 g/mol. The molecule has 14 heavy (non-hydrogen) atoms. The van der Waals surface area contributed by atoms with Gasteiger partial charge in [0.15, 0.2) is 0 Å². The number of rotatable bonds is 3. The molecule has 0 heterocycles. The van der Waals surface area contributed by atoms with Crippen molar-refractivity contribution in [1.29, 1.82) is 0 Å². The van der Waals surface area contributed by atoms with E-state index in [4.69, 9.17) is 9.84 Å².